The molecule has 0 aliphatic rings. The molecule has 4 rings (SSSR count). The Labute approximate surface area is 240 Å². The van der Waals surface area contributed by atoms with Crippen molar-refractivity contribution in [2.75, 3.05) is 33.7 Å². The zero-order chi connectivity index (χ0) is 28.0. The highest BCUT2D eigenvalue weighted by Gasteiger charge is 2.07. The molecule has 8 heteroatoms. The molecule has 4 aromatic rings. The zero-order valence-electron chi connectivity index (χ0n) is 23.0. The summed E-state index contributed by atoms with van der Waals surface area (Å²) in [5, 5.41) is 15.7. The highest BCUT2D eigenvalue weighted by molar-refractivity contribution is 7.98. The van der Waals surface area contributed by atoms with Gasteiger partial charge in [0.15, 0.2) is 0 Å². The molecule has 4 aromatic carbocycles. The van der Waals surface area contributed by atoms with Crippen LogP contribution >= 0.6 is 23.5 Å². The van der Waals surface area contributed by atoms with E-state index in [9.17, 15) is 5.11 Å². The number of phenols is 1. The van der Waals surface area contributed by atoms with Crippen LogP contribution in [-0.4, -0.2) is 38.8 Å². The molecular formula is C31H36N2O4S2. The molecule has 0 heterocycles. The molecule has 0 radical (unpaired) electrons. The van der Waals surface area contributed by atoms with Gasteiger partial charge in [-0.3, -0.25) is 0 Å². The predicted molar refractivity (Wildman–Crippen MR) is 163 cm³/mol. The van der Waals surface area contributed by atoms with E-state index < -0.39 is 0 Å². The molecule has 0 fully saturated rings. The van der Waals surface area contributed by atoms with E-state index in [4.69, 9.17) is 14.2 Å². The second-order valence-electron chi connectivity index (χ2n) is 8.38. The third-order valence-corrected chi connectivity index (χ3v) is 7.11. The van der Waals surface area contributed by atoms with Gasteiger partial charge in [-0.25, -0.2) is 0 Å². The van der Waals surface area contributed by atoms with Gasteiger partial charge in [-0.1, -0.05) is 0 Å². The number of ether oxygens (including phenoxy) is 3. The molecule has 0 aliphatic carbocycles. The van der Waals surface area contributed by atoms with E-state index in [1.165, 1.54) is 9.79 Å². The third kappa shape index (κ3) is 9.44. The SMILES string of the molecule is CNCc1cc(O)ccc1Oc1ccc(SC)cc1.CNCc1cc(OC)ccc1Oc1ccc(SC)cc1. The van der Waals surface area contributed by atoms with Crippen LogP contribution in [0, 0.1) is 0 Å². The zero-order valence-corrected chi connectivity index (χ0v) is 24.6. The molecule has 3 N–H and O–H groups in total. The summed E-state index contributed by atoms with van der Waals surface area (Å²) in [7, 11) is 5.44. The monoisotopic (exact) mass is 564 g/mol. The highest BCUT2D eigenvalue weighted by atomic mass is 32.2. The van der Waals surface area contributed by atoms with Gasteiger partial charge in [0.05, 0.1) is 7.11 Å². The van der Waals surface area contributed by atoms with Gasteiger partial charge in [0.25, 0.3) is 0 Å². The lowest BCUT2D eigenvalue weighted by Gasteiger charge is -2.12. The standard InChI is InChI=1S/C16H19NO2S.C15H17NO2S/c1-17-11-12-10-14(18-2)6-9-16(12)19-13-4-7-15(20-3)8-5-13;1-16-10-11-9-12(17)3-8-15(11)18-13-4-6-14(19-2)7-5-13/h4-10,17H,11H2,1-3H3;3-9,16-17H,10H2,1-2H3. The molecule has 6 nitrogen and oxygen atoms in total. The molecule has 0 saturated carbocycles. The van der Waals surface area contributed by atoms with Crippen molar-refractivity contribution in [3.63, 3.8) is 0 Å². The van der Waals surface area contributed by atoms with E-state index in [0.29, 0.717) is 6.54 Å². The molecule has 0 unspecified atom stereocenters. The lowest BCUT2D eigenvalue weighted by Crippen LogP contribution is -2.06. The lowest BCUT2D eigenvalue weighted by atomic mass is 10.2. The molecule has 0 spiro atoms. The second kappa shape index (κ2) is 16.0. The highest BCUT2D eigenvalue weighted by Crippen LogP contribution is 2.31. The Morgan fingerprint density at radius 2 is 1.05 bits per heavy atom. The van der Waals surface area contributed by atoms with Crippen LogP contribution in [0.25, 0.3) is 0 Å². The summed E-state index contributed by atoms with van der Waals surface area (Å²) in [5.41, 5.74) is 2.00. The quantitative estimate of drug-likeness (QED) is 0.161. The first-order chi connectivity index (χ1) is 19.0. The summed E-state index contributed by atoms with van der Waals surface area (Å²) >= 11 is 3.42. The average molecular weight is 565 g/mol. The molecule has 0 saturated heterocycles. The van der Waals surface area contributed by atoms with Crippen LogP contribution in [0.1, 0.15) is 11.1 Å². The Hall–Kier alpha value is -3.30. The summed E-state index contributed by atoms with van der Waals surface area (Å²) in [6.07, 6.45) is 4.10. The summed E-state index contributed by atoms with van der Waals surface area (Å²) in [6.45, 7) is 1.38. The number of thioether (sulfide) groups is 2. The van der Waals surface area contributed by atoms with Gasteiger partial charge in [-0.05, 0) is 112 Å². The van der Waals surface area contributed by atoms with Gasteiger partial charge in [-0.15, -0.1) is 23.5 Å². The minimum atomic E-state index is 0.246. The Morgan fingerprint density at radius 1 is 0.615 bits per heavy atom. The van der Waals surface area contributed by atoms with Crippen molar-refractivity contribution in [3.05, 3.63) is 96.1 Å². The van der Waals surface area contributed by atoms with Crippen LogP contribution in [0.4, 0.5) is 0 Å². The summed E-state index contributed by atoms with van der Waals surface area (Å²) in [4.78, 5) is 2.43. The van der Waals surface area contributed by atoms with Crippen LogP contribution in [0.2, 0.25) is 0 Å². The van der Waals surface area contributed by atoms with Crippen molar-refractivity contribution in [2.24, 2.45) is 0 Å². The van der Waals surface area contributed by atoms with Crippen LogP contribution in [0.3, 0.4) is 0 Å². The molecule has 0 atom stereocenters. The van der Waals surface area contributed by atoms with Crippen molar-refractivity contribution in [2.45, 2.75) is 22.9 Å². The van der Waals surface area contributed by atoms with Crippen LogP contribution < -0.4 is 24.8 Å². The van der Waals surface area contributed by atoms with Gasteiger partial charge in [0, 0.05) is 34.0 Å². The number of methoxy groups -OCH3 is 1. The molecular weight excluding hydrogens is 528 g/mol. The number of aromatic hydroxyl groups is 1. The van der Waals surface area contributed by atoms with Gasteiger partial charge in [-0.2, -0.15) is 0 Å². The first kappa shape index (κ1) is 30.2. The number of phenolic OH excluding ortho intramolecular Hbond substituents is 1. The Morgan fingerprint density at radius 3 is 1.49 bits per heavy atom. The van der Waals surface area contributed by atoms with Crippen molar-refractivity contribution in [1.82, 2.24) is 10.6 Å². The molecule has 0 bridgehead atoms. The number of nitrogens with one attached hydrogen (secondary N) is 2. The van der Waals surface area contributed by atoms with E-state index in [1.807, 2.05) is 74.9 Å². The van der Waals surface area contributed by atoms with Crippen molar-refractivity contribution in [1.29, 1.82) is 0 Å². The van der Waals surface area contributed by atoms with E-state index in [0.717, 1.165) is 46.4 Å². The maximum atomic E-state index is 9.51. The van der Waals surface area contributed by atoms with E-state index >= 15 is 0 Å². The summed E-state index contributed by atoms with van der Waals surface area (Å²) in [5.74, 6) is 4.31. The lowest BCUT2D eigenvalue weighted by molar-refractivity contribution is 0.411. The fourth-order valence-corrected chi connectivity index (χ4v) is 4.46. The first-order valence-electron chi connectivity index (χ1n) is 12.4. The van der Waals surface area contributed by atoms with Gasteiger partial charge < -0.3 is 30.0 Å². The predicted octanol–water partition coefficient (Wildman–Crippen LogP) is 7.55. The maximum absolute atomic E-state index is 9.51. The molecule has 0 aromatic heterocycles. The molecule has 39 heavy (non-hydrogen) atoms. The maximum Gasteiger partial charge on any atom is 0.132 e. The van der Waals surface area contributed by atoms with Crippen molar-refractivity contribution >= 4 is 23.5 Å². The summed E-state index contributed by atoms with van der Waals surface area (Å²) < 4.78 is 17.1. The number of benzene rings is 4. The number of rotatable bonds is 11. The van der Waals surface area contributed by atoms with E-state index in [1.54, 1.807) is 48.8 Å². The Kier molecular flexibility index (Phi) is 12.4. The van der Waals surface area contributed by atoms with Crippen LogP contribution in [0.5, 0.6) is 34.5 Å². The van der Waals surface area contributed by atoms with Crippen LogP contribution in [0.15, 0.2) is 94.7 Å². The minimum Gasteiger partial charge on any atom is -0.508 e. The molecule has 206 valence electrons. The topological polar surface area (TPSA) is 72.0 Å². The largest absolute Gasteiger partial charge is 0.508 e. The van der Waals surface area contributed by atoms with Crippen LogP contribution in [-0.2, 0) is 13.1 Å². The van der Waals surface area contributed by atoms with Gasteiger partial charge >= 0.3 is 0 Å². The summed E-state index contributed by atoms with van der Waals surface area (Å²) in [6, 6.07) is 27.0. The Bertz CT molecular complexity index is 1300. The fourth-order valence-electron chi connectivity index (χ4n) is 3.65. The molecule has 0 amide bonds. The average Bonchev–Trinajstić information content (AvgIpc) is 2.97. The number of hydrogen-bond donors (Lipinski definition) is 3. The fraction of sp³-hybridized carbons (Fsp3) is 0.226. The number of hydrogen-bond acceptors (Lipinski definition) is 8. The van der Waals surface area contributed by atoms with Gasteiger partial charge in [0.2, 0.25) is 0 Å². The van der Waals surface area contributed by atoms with Gasteiger partial charge in [0.1, 0.15) is 34.5 Å². The normalized spacial score (nSPS) is 10.4. The first-order valence-corrected chi connectivity index (χ1v) is 14.9. The smallest absolute Gasteiger partial charge is 0.132 e. The van der Waals surface area contributed by atoms with Crippen molar-refractivity contribution < 1.29 is 19.3 Å². The second-order valence-corrected chi connectivity index (χ2v) is 10.1. The van der Waals surface area contributed by atoms with Crippen molar-refractivity contribution in [3.8, 4) is 34.5 Å². The third-order valence-electron chi connectivity index (χ3n) is 5.62. The molecule has 0 aliphatic heterocycles. The minimum absolute atomic E-state index is 0.246. The Balaban J connectivity index is 0.000000216. The van der Waals surface area contributed by atoms with E-state index in [2.05, 4.69) is 29.0 Å². The van der Waals surface area contributed by atoms with E-state index in [-0.39, 0.29) is 5.75 Å².